The molecule has 2 aliphatic rings. The molecule has 0 aliphatic carbocycles. The predicted molar refractivity (Wildman–Crippen MR) is 121 cm³/mol. The van der Waals surface area contributed by atoms with Crippen molar-refractivity contribution in [3.05, 3.63) is 58.4 Å². The third-order valence-corrected chi connectivity index (χ3v) is 6.21. The van der Waals surface area contributed by atoms with Crippen LogP contribution < -0.4 is 10.1 Å². The van der Waals surface area contributed by atoms with Gasteiger partial charge in [0.15, 0.2) is 0 Å². The number of rotatable bonds is 5. The fraction of sp³-hybridized carbons (Fsp3) is 0.435. The number of aromatic nitrogens is 3. The first kappa shape index (κ1) is 20.4. The third kappa shape index (κ3) is 4.71. The van der Waals surface area contributed by atoms with Crippen molar-refractivity contribution in [2.75, 3.05) is 25.0 Å². The smallest absolute Gasteiger partial charge is 0.209 e. The summed E-state index contributed by atoms with van der Waals surface area (Å²) in [5.74, 6) is 1.02. The molecule has 1 fully saturated rings. The summed E-state index contributed by atoms with van der Waals surface area (Å²) in [6, 6.07) is 10.7. The standard InChI is InChI=1S/C23H27N5O2S/c1-15-8-18(26-22-27-24-14-31-22)10-19(25-15)21-13-28(6-7-29-21)12-16-4-5-20-17(9-16)11-23(2,3)30-20/h4-5,8-10,14,21H,6-7,11-13H2,1-3H3,(H,25,26,27)/t21-/m1/s1. The Labute approximate surface area is 186 Å². The number of benzene rings is 1. The first-order chi connectivity index (χ1) is 14.9. The van der Waals surface area contributed by atoms with Crippen molar-refractivity contribution in [1.82, 2.24) is 20.1 Å². The number of ether oxygens (including phenoxy) is 2. The van der Waals surface area contributed by atoms with Crippen LogP contribution in [0.25, 0.3) is 0 Å². The fourth-order valence-corrected chi connectivity index (χ4v) is 4.79. The molecule has 3 aromatic rings. The van der Waals surface area contributed by atoms with E-state index in [2.05, 4.69) is 58.5 Å². The maximum absolute atomic E-state index is 6.10. The van der Waals surface area contributed by atoms with Gasteiger partial charge in [0.1, 0.15) is 23.0 Å². The number of pyridine rings is 1. The van der Waals surface area contributed by atoms with Crippen LogP contribution in [0.5, 0.6) is 5.75 Å². The molecule has 7 nitrogen and oxygen atoms in total. The minimum absolute atomic E-state index is 0.0553. The van der Waals surface area contributed by atoms with E-state index >= 15 is 0 Å². The molecular weight excluding hydrogens is 410 g/mol. The molecule has 1 atom stereocenters. The van der Waals surface area contributed by atoms with Gasteiger partial charge in [-0.25, -0.2) is 0 Å². The second kappa shape index (κ2) is 8.18. The van der Waals surface area contributed by atoms with Crippen LogP contribution in [-0.2, 0) is 17.7 Å². The average Bonchev–Trinajstić information content (AvgIpc) is 3.33. The lowest BCUT2D eigenvalue weighted by atomic mass is 10.00. The Balaban J connectivity index is 1.28. The molecule has 1 N–H and O–H groups in total. The van der Waals surface area contributed by atoms with Crippen molar-refractivity contribution < 1.29 is 9.47 Å². The predicted octanol–water partition coefficient (Wildman–Crippen LogP) is 4.27. The van der Waals surface area contributed by atoms with Crippen LogP contribution >= 0.6 is 11.3 Å². The number of hydrogen-bond acceptors (Lipinski definition) is 8. The Bertz CT molecular complexity index is 1070. The summed E-state index contributed by atoms with van der Waals surface area (Å²) in [5.41, 5.74) is 7.08. The van der Waals surface area contributed by atoms with E-state index in [1.807, 2.05) is 13.0 Å². The molecule has 2 aromatic heterocycles. The monoisotopic (exact) mass is 437 g/mol. The van der Waals surface area contributed by atoms with Gasteiger partial charge in [-0.1, -0.05) is 23.5 Å². The molecule has 8 heteroatoms. The highest BCUT2D eigenvalue weighted by Gasteiger charge is 2.30. The topological polar surface area (TPSA) is 72.4 Å². The summed E-state index contributed by atoms with van der Waals surface area (Å²) in [5, 5.41) is 12.0. The van der Waals surface area contributed by atoms with Gasteiger partial charge in [-0.3, -0.25) is 9.88 Å². The van der Waals surface area contributed by atoms with Gasteiger partial charge in [-0.2, -0.15) is 0 Å². The van der Waals surface area contributed by atoms with E-state index < -0.39 is 0 Å². The molecule has 0 unspecified atom stereocenters. The molecule has 5 rings (SSSR count). The van der Waals surface area contributed by atoms with Gasteiger partial charge in [0.25, 0.3) is 0 Å². The van der Waals surface area contributed by atoms with E-state index in [0.29, 0.717) is 6.61 Å². The van der Waals surface area contributed by atoms with Crippen LogP contribution in [0.3, 0.4) is 0 Å². The highest BCUT2D eigenvalue weighted by atomic mass is 32.1. The van der Waals surface area contributed by atoms with Crippen LogP contribution in [0.2, 0.25) is 0 Å². The van der Waals surface area contributed by atoms with Gasteiger partial charge in [-0.15, -0.1) is 10.2 Å². The summed E-state index contributed by atoms with van der Waals surface area (Å²) in [4.78, 5) is 7.19. The minimum Gasteiger partial charge on any atom is -0.487 e. The summed E-state index contributed by atoms with van der Waals surface area (Å²) < 4.78 is 12.1. The SMILES string of the molecule is Cc1cc(Nc2nncs2)cc([C@H]2CN(Cc3ccc4c(c3)CC(C)(C)O4)CCO2)n1. The maximum Gasteiger partial charge on any atom is 0.209 e. The average molecular weight is 438 g/mol. The molecule has 162 valence electrons. The molecule has 0 spiro atoms. The van der Waals surface area contributed by atoms with Crippen LogP contribution in [-0.4, -0.2) is 45.4 Å². The molecule has 0 saturated carbocycles. The van der Waals surface area contributed by atoms with Crippen molar-refractivity contribution in [1.29, 1.82) is 0 Å². The molecule has 0 amide bonds. The largest absolute Gasteiger partial charge is 0.487 e. The molecule has 4 heterocycles. The fourth-order valence-electron chi connectivity index (χ4n) is 4.33. The number of morpholine rings is 1. The zero-order valence-electron chi connectivity index (χ0n) is 18.1. The summed E-state index contributed by atoms with van der Waals surface area (Å²) >= 11 is 1.47. The van der Waals surface area contributed by atoms with Crippen molar-refractivity contribution in [2.45, 2.75) is 45.4 Å². The highest BCUT2D eigenvalue weighted by molar-refractivity contribution is 7.13. The minimum atomic E-state index is -0.109. The van der Waals surface area contributed by atoms with E-state index in [9.17, 15) is 0 Å². The Morgan fingerprint density at radius 3 is 3.00 bits per heavy atom. The Kier molecular flexibility index (Phi) is 5.37. The molecule has 1 saturated heterocycles. The van der Waals surface area contributed by atoms with Crippen LogP contribution in [0.15, 0.2) is 35.8 Å². The van der Waals surface area contributed by atoms with Crippen molar-refractivity contribution in [3.8, 4) is 5.75 Å². The molecular formula is C23H27N5O2S. The van der Waals surface area contributed by atoms with E-state index in [-0.39, 0.29) is 11.7 Å². The molecule has 0 bridgehead atoms. The Morgan fingerprint density at radius 1 is 1.26 bits per heavy atom. The van der Waals surface area contributed by atoms with Crippen molar-refractivity contribution in [3.63, 3.8) is 0 Å². The Morgan fingerprint density at radius 2 is 2.16 bits per heavy atom. The summed E-state index contributed by atoms with van der Waals surface area (Å²) in [6.07, 6.45) is 0.903. The van der Waals surface area contributed by atoms with E-state index in [4.69, 9.17) is 14.5 Å². The zero-order valence-corrected chi connectivity index (χ0v) is 18.9. The zero-order chi connectivity index (χ0) is 21.4. The molecule has 0 radical (unpaired) electrons. The highest BCUT2D eigenvalue weighted by Crippen LogP contribution is 2.35. The number of anilines is 2. The van der Waals surface area contributed by atoms with Crippen LogP contribution in [0, 0.1) is 6.92 Å². The lowest BCUT2D eigenvalue weighted by molar-refractivity contribution is -0.0350. The van der Waals surface area contributed by atoms with Gasteiger partial charge in [0, 0.05) is 37.4 Å². The lowest BCUT2D eigenvalue weighted by Crippen LogP contribution is -2.38. The number of nitrogens with one attached hydrogen (secondary N) is 1. The van der Waals surface area contributed by atoms with Gasteiger partial charge >= 0.3 is 0 Å². The summed E-state index contributed by atoms with van der Waals surface area (Å²) in [7, 11) is 0. The molecule has 1 aromatic carbocycles. The first-order valence-electron chi connectivity index (χ1n) is 10.6. The quantitative estimate of drug-likeness (QED) is 0.639. The molecule has 2 aliphatic heterocycles. The van der Waals surface area contributed by atoms with E-state index in [1.165, 1.54) is 22.5 Å². The second-order valence-corrected chi connectivity index (χ2v) is 9.70. The molecule has 31 heavy (non-hydrogen) atoms. The van der Waals surface area contributed by atoms with Crippen molar-refractivity contribution in [2.24, 2.45) is 0 Å². The van der Waals surface area contributed by atoms with Gasteiger partial charge in [-0.05, 0) is 50.1 Å². The normalized spacial score (nSPS) is 20.3. The van der Waals surface area contributed by atoms with E-state index in [0.717, 1.165) is 54.0 Å². The number of nitrogens with zero attached hydrogens (tertiary/aromatic N) is 4. The van der Waals surface area contributed by atoms with Crippen LogP contribution in [0.1, 0.15) is 42.5 Å². The first-order valence-corrected chi connectivity index (χ1v) is 11.5. The number of aryl methyl sites for hydroxylation is 1. The van der Waals surface area contributed by atoms with Gasteiger partial charge in [0.2, 0.25) is 5.13 Å². The van der Waals surface area contributed by atoms with Gasteiger partial charge in [0.05, 0.1) is 12.3 Å². The third-order valence-electron chi connectivity index (χ3n) is 5.60. The van der Waals surface area contributed by atoms with E-state index in [1.54, 1.807) is 5.51 Å². The van der Waals surface area contributed by atoms with Gasteiger partial charge < -0.3 is 14.8 Å². The lowest BCUT2D eigenvalue weighted by Gasteiger charge is -2.33. The number of hydrogen-bond donors (Lipinski definition) is 1. The van der Waals surface area contributed by atoms with Crippen molar-refractivity contribution >= 4 is 22.2 Å². The van der Waals surface area contributed by atoms with Crippen LogP contribution in [0.4, 0.5) is 10.8 Å². The number of fused-ring (bicyclic) bond motifs is 1. The maximum atomic E-state index is 6.10. The summed E-state index contributed by atoms with van der Waals surface area (Å²) in [6.45, 7) is 9.61. The Hall–Kier alpha value is -2.55. The second-order valence-electron chi connectivity index (χ2n) is 8.87.